The molecule has 0 saturated carbocycles. The van der Waals surface area contributed by atoms with Crippen LogP contribution in [-0.4, -0.2) is 102 Å². The minimum absolute atomic E-state index is 0.0539. The number of aliphatic imine (C=N–C) groups is 1. The van der Waals surface area contributed by atoms with Gasteiger partial charge in [0, 0.05) is 49.4 Å². The molecule has 5 rings (SSSR count). The van der Waals surface area contributed by atoms with Crippen LogP contribution in [0.25, 0.3) is 0 Å². The Morgan fingerprint density at radius 3 is 2.76 bits per heavy atom. The fourth-order valence-corrected chi connectivity index (χ4v) is 5.45. The van der Waals surface area contributed by atoms with Crippen molar-refractivity contribution in [3.63, 3.8) is 0 Å². The number of halogens is 2. The molecule has 1 unspecified atom stereocenters. The summed E-state index contributed by atoms with van der Waals surface area (Å²) in [5.74, 6) is -1.86. The second-order valence-electron chi connectivity index (χ2n) is 10.8. The molecule has 6 N–H and O–H groups in total. The van der Waals surface area contributed by atoms with Gasteiger partial charge in [-0.05, 0) is 63.0 Å². The lowest BCUT2D eigenvalue weighted by atomic mass is 10.0. The molecule has 4 amide bonds. The first-order chi connectivity index (χ1) is 23.7. The Balaban J connectivity index is 0.943. The number of amides is 4. The number of amidine groups is 1. The Morgan fingerprint density at radius 2 is 1.96 bits per heavy atom. The number of fused-ring (bicyclic) bond motifs is 1. The summed E-state index contributed by atoms with van der Waals surface area (Å²) in [7, 11) is 0. The highest BCUT2D eigenvalue weighted by Crippen LogP contribution is 2.32. The summed E-state index contributed by atoms with van der Waals surface area (Å²) in [6.07, 6.45) is 0.405. The third kappa shape index (κ3) is 9.21. The minimum Gasteiger partial charge on any atom is -0.378 e. The Labute approximate surface area is 287 Å². The largest absolute Gasteiger partial charge is 0.378 e. The van der Waals surface area contributed by atoms with Crippen molar-refractivity contribution in [2.45, 2.75) is 25.4 Å². The highest BCUT2D eigenvalue weighted by atomic mass is 79.9. The van der Waals surface area contributed by atoms with Gasteiger partial charge in [-0.15, -0.1) is 0 Å². The molecule has 0 spiro atoms. The van der Waals surface area contributed by atoms with Crippen molar-refractivity contribution in [3.05, 3.63) is 63.5 Å². The molecule has 0 radical (unpaired) electrons. The second kappa shape index (κ2) is 17.0. The summed E-state index contributed by atoms with van der Waals surface area (Å²) in [6.45, 7) is 2.23. The molecule has 1 saturated heterocycles. The minimum atomic E-state index is -0.745. The van der Waals surface area contributed by atoms with Crippen LogP contribution in [0.1, 0.15) is 34.5 Å². The number of rotatable bonds is 16. The lowest BCUT2D eigenvalue weighted by molar-refractivity contribution is -0.137. The van der Waals surface area contributed by atoms with E-state index in [1.165, 1.54) is 23.1 Å². The number of hydrogen-bond acceptors (Lipinski definition) is 13. The Hall–Kier alpha value is -4.82. The lowest BCUT2D eigenvalue weighted by Gasteiger charge is -2.29. The highest BCUT2D eigenvalue weighted by molar-refractivity contribution is 9.10. The molecule has 0 bridgehead atoms. The summed E-state index contributed by atoms with van der Waals surface area (Å²) < 4.78 is 29.4. The van der Waals surface area contributed by atoms with E-state index in [-0.39, 0.29) is 72.8 Å². The third-order valence-electron chi connectivity index (χ3n) is 7.44. The number of aromatic nitrogens is 2. The fourth-order valence-electron chi connectivity index (χ4n) is 5.09. The zero-order valence-corrected chi connectivity index (χ0v) is 27.5. The van der Waals surface area contributed by atoms with Crippen molar-refractivity contribution >= 4 is 62.6 Å². The third-order valence-corrected chi connectivity index (χ3v) is 8.05. The van der Waals surface area contributed by atoms with Gasteiger partial charge in [0.1, 0.15) is 18.5 Å². The Bertz CT molecular complexity index is 1720. The molecular weight excluding hydrogens is 713 g/mol. The van der Waals surface area contributed by atoms with E-state index >= 15 is 0 Å². The summed E-state index contributed by atoms with van der Waals surface area (Å²) in [6, 6.07) is 8.32. The predicted octanol–water partition coefficient (Wildman–Crippen LogP) is 1.46. The summed E-state index contributed by atoms with van der Waals surface area (Å²) in [4.78, 5) is 54.9. The smallest absolute Gasteiger partial charge is 0.255 e. The number of ether oxygens (including phenoxy) is 2. The first kappa shape index (κ1) is 35.5. The number of imide groups is 1. The number of carbonyl (C=O) groups excluding carboxylic acids is 4. The molecule has 2 aliphatic heterocycles. The highest BCUT2D eigenvalue weighted by Gasteiger charge is 2.40. The number of nitrogens with zero attached hydrogens (tertiary/aromatic N) is 4. The first-order valence-corrected chi connectivity index (χ1v) is 16.0. The van der Waals surface area contributed by atoms with Gasteiger partial charge >= 0.3 is 0 Å². The van der Waals surface area contributed by atoms with E-state index < -0.39 is 23.7 Å². The zero-order chi connectivity index (χ0) is 34.8. The molecule has 1 fully saturated rings. The molecule has 0 aliphatic carbocycles. The number of piperidine rings is 1. The van der Waals surface area contributed by atoms with Gasteiger partial charge in [0.05, 0.1) is 30.0 Å². The van der Waals surface area contributed by atoms with E-state index in [4.69, 9.17) is 14.1 Å². The molecule has 260 valence electrons. The summed E-state index contributed by atoms with van der Waals surface area (Å²) in [5.41, 5.74) is 3.88. The fraction of sp³-hybridized carbons (Fsp3) is 0.367. The van der Waals surface area contributed by atoms with Crippen LogP contribution in [0, 0.1) is 5.82 Å². The average molecular weight is 747 g/mol. The molecule has 49 heavy (non-hydrogen) atoms. The van der Waals surface area contributed by atoms with E-state index in [1.807, 2.05) is 5.48 Å². The molecule has 3 aromatic rings. The number of hydrogen-bond donors (Lipinski definition) is 6. The Morgan fingerprint density at radius 1 is 1.12 bits per heavy atom. The van der Waals surface area contributed by atoms with Crippen molar-refractivity contribution in [2.24, 2.45) is 4.99 Å². The molecule has 17 nitrogen and oxygen atoms in total. The van der Waals surface area contributed by atoms with Crippen molar-refractivity contribution in [1.29, 1.82) is 0 Å². The predicted molar refractivity (Wildman–Crippen MR) is 174 cm³/mol. The lowest BCUT2D eigenvalue weighted by Crippen LogP contribution is -2.52. The van der Waals surface area contributed by atoms with Crippen molar-refractivity contribution in [1.82, 2.24) is 31.3 Å². The first-order valence-electron chi connectivity index (χ1n) is 15.2. The standard InChI is InChI=1S/C30H33BrFN9O8/c31-20-14-17(4-5-21(20)32)35-28(38-46)26-27(40-49-39-26)34-9-8-33-10-11-47-12-13-48-16-25(43)36-22-3-1-2-18-19(22)15-41(30(18)45)23-6-7-24(42)37-29(23)44/h1-5,14,23,33,46H,6-13,15-16H2,(H,34,40)(H,35,38)(H,36,43)(H,37,42,44). The quantitative estimate of drug-likeness (QED) is 0.0403. The summed E-state index contributed by atoms with van der Waals surface area (Å²) in [5, 5.41) is 28.3. The molecular formula is C30H33BrFN9O8. The number of carbonyl (C=O) groups is 4. The van der Waals surface area contributed by atoms with Crippen molar-refractivity contribution in [3.8, 4) is 0 Å². The van der Waals surface area contributed by atoms with Crippen molar-refractivity contribution < 1.29 is 42.9 Å². The van der Waals surface area contributed by atoms with Crippen LogP contribution in [0.3, 0.4) is 0 Å². The van der Waals surface area contributed by atoms with E-state index in [9.17, 15) is 28.8 Å². The Kier molecular flexibility index (Phi) is 12.3. The number of hydroxylamine groups is 1. The average Bonchev–Trinajstić information content (AvgIpc) is 3.69. The van der Waals surface area contributed by atoms with Gasteiger partial charge in [-0.1, -0.05) is 6.07 Å². The monoisotopic (exact) mass is 745 g/mol. The second-order valence-corrected chi connectivity index (χ2v) is 11.6. The van der Waals surface area contributed by atoms with Crippen LogP contribution >= 0.6 is 15.9 Å². The van der Waals surface area contributed by atoms with Gasteiger partial charge in [0.2, 0.25) is 23.5 Å². The molecule has 2 aromatic carbocycles. The molecule has 1 atom stereocenters. The van der Waals surface area contributed by atoms with Gasteiger partial charge in [-0.2, -0.15) is 0 Å². The van der Waals surface area contributed by atoms with Crippen LogP contribution in [0.15, 0.2) is 50.5 Å². The normalized spacial score (nSPS) is 16.1. The van der Waals surface area contributed by atoms with Crippen LogP contribution in [0.4, 0.5) is 21.6 Å². The molecule has 3 heterocycles. The number of benzene rings is 2. The van der Waals surface area contributed by atoms with Gasteiger partial charge in [0.25, 0.3) is 5.91 Å². The van der Waals surface area contributed by atoms with Crippen molar-refractivity contribution in [2.75, 3.05) is 56.7 Å². The SMILES string of the molecule is O=C1CCC(N2Cc3c(NC(=O)COCCOCCNCCNc4nonc4C(=Nc4ccc(F)c(Br)c4)NO)cccc3C2=O)C(=O)N1. The van der Waals surface area contributed by atoms with Gasteiger partial charge in [-0.3, -0.25) is 35.2 Å². The topological polar surface area (TPSA) is 222 Å². The molecule has 2 aliphatic rings. The van der Waals surface area contributed by atoms with E-state index in [0.717, 1.165) is 0 Å². The van der Waals surface area contributed by atoms with E-state index in [1.54, 1.807) is 18.2 Å². The maximum atomic E-state index is 13.5. The van der Waals surface area contributed by atoms with Crippen LogP contribution in [0.5, 0.6) is 0 Å². The van der Waals surface area contributed by atoms with Crippen LogP contribution in [-0.2, 0) is 30.4 Å². The maximum Gasteiger partial charge on any atom is 0.255 e. The van der Waals surface area contributed by atoms with Gasteiger partial charge < -0.3 is 30.3 Å². The maximum absolute atomic E-state index is 13.5. The number of anilines is 2. The van der Waals surface area contributed by atoms with Gasteiger partial charge in [-0.25, -0.2) is 14.0 Å². The van der Waals surface area contributed by atoms with E-state index in [0.29, 0.717) is 48.7 Å². The molecule has 1 aromatic heterocycles. The van der Waals surface area contributed by atoms with E-state index in [2.05, 4.69) is 52.5 Å². The van der Waals surface area contributed by atoms with Gasteiger partial charge in [0.15, 0.2) is 11.5 Å². The van der Waals surface area contributed by atoms with Crippen LogP contribution in [0.2, 0.25) is 0 Å². The number of nitrogens with one attached hydrogen (secondary N) is 5. The van der Waals surface area contributed by atoms with Crippen LogP contribution < -0.4 is 26.7 Å². The zero-order valence-electron chi connectivity index (χ0n) is 26.0. The summed E-state index contributed by atoms with van der Waals surface area (Å²) >= 11 is 3.09. The molecule has 19 heteroatoms.